The highest BCUT2D eigenvalue weighted by atomic mass is 32.2. The van der Waals surface area contributed by atoms with Crippen molar-refractivity contribution in [3.8, 4) is 0 Å². The molecule has 148 valence electrons. The van der Waals surface area contributed by atoms with Gasteiger partial charge in [0.05, 0.1) is 16.3 Å². The monoisotopic (exact) mass is 418 g/mol. The third kappa shape index (κ3) is 5.14. The predicted octanol–water partition coefficient (Wildman–Crippen LogP) is 2.85. The van der Waals surface area contributed by atoms with Crippen LogP contribution in [0, 0.1) is 5.92 Å². The first-order valence-corrected chi connectivity index (χ1v) is 11.6. The number of nitrogens with one attached hydrogen (secondary N) is 2. The molecule has 1 heterocycles. The lowest BCUT2D eigenvalue weighted by atomic mass is 10.2. The highest BCUT2D eigenvalue weighted by molar-refractivity contribution is 7.99. The Balaban J connectivity index is 1.67. The summed E-state index contributed by atoms with van der Waals surface area (Å²) in [5.41, 5.74) is 1.46. The average molecular weight is 419 g/mol. The highest BCUT2D eigenvalue weighted by Crippen LogP contribution is 2.33. The lowest BCUT2D eigenvalue weighted by Gasteiger charge is -2.14. The number of amides is 2. The van der Waals surface area contributed by atoms with Gasteiger partial charge < -0.3 is 10.6 Å². The molecule has 0 bridgehead atoms. The van der Waals surface area contributed by atoms with Gasteiger partial charge in [-0.05, 0) is 23.8 Å². The fraction of sp³-hybridized carbons (Fsp3) is 0.300. The molecule has 2 aromatic rings. The van der Waals surface area contributed by atoms with Crippen LogP contribution in [0.1, 0.15) is 18.9 Å². The van der Waals surface area contributed by atoms with Crippen molar-refractivity contribution in [3.05, 3.63) is 54.1 Å². The van der Waals surface area contributed by atoms with Gasteiger partial charge in [0.1, 0.15) is 0 Å². The quantitative estimate of drug-likeness (QED) is 0.753. The lowest BCUT2D eigenvalue weighted by molar-refractivity contribution is -0.124. The van der Waals surface area contributed by atoms with Gasteiger partial charge in [-0.1, -0.05) is 37.3 Å². The summed E-state index contributed by atoms with van der Waals surface area (Å²) in [7, 11) is -3.67. The Morgan fingerprint density at radius 1 is 1.21 bits per heavy atom. The van der Waals surface area contributed by atoms with Crippen molar-refractivity contribution in [1.29, 1.82) is 0 Å². The second-order valence-electron chi connectivity index (χ2n) is 6.69. The molecule has 1 aliphatic rings. The van der Waals surface area contributed by atoms with Gasteiger partial charge >= 0.3 is 0 Å². The minimum atomic E-state index is -3.67. The zero-order chi connectivity index (χ0) is 20.1. The summed E-state index contributed by atoms with van der Waals surface area (Å²) < 4.78 is 25.6. The molecular weight excluding hydrogens is 396 g/mol. The number of benzene rings is 2. The van der Waals surface area contributed by atoms with E-state index < -0.39 is 15.8 Å². The molecule has 2 N–H and O–H groups in total. The maximum atomic E-state index is 12.8. The number of thioether (sulfide) groups is 1. The van der Waals surface area contributed by atoms with Crippen LogP contribution in [0.25, 0.3) is 0 Å². The highest BCUT2D eigenvalue weighted by Gasteiger charge is 2.25. The Bertz CT molecular complexity index is 975. The summed E-state index contributed by atoms with van der Waals surface area (Å²) >= 11 is 1.51. The number of fused-ring (bicyclic) bond motifs is 1. The van der Waals surface area contributed by atoms with Gasteiger partial charge in [-0.2, -0.15) is 0 Å². The number of hydrogen-bond donors (Lipinski definition) is 2. The lowest BCUT2D eigenvalue weighted by Crippen LogP contribution is -2.32. The zero-order valence-corrected chi connectivity index (χ0v) is 17.1. The van der Waals surface area contributed by atoms with Crippen LogP contribution >= 0.6 is 11.8 Å². The van der Waals surface area contributed by atoms with E-state index in [-0.39, 0.29) is 22.5 Å². The molecule has 2 aromatic carbocycles. The molecule has 0 radical (unpaired) electrons. The molecule has 1 atom stereocenters. The maximum absolute atomic E-state index is 12.8. The van der Waals surface area contributed by atoms with Crippen molar-refractivity contribution >= 4 is 39.1 Å². The minimum absolute atomic E-state index is 0.108. The Hall–Kier alpha value is -2.32. The first kappa shape index (κ1) is 20.4. The largest absolute Gasteiger partial charge is 0.352 e. The minimum Gasteiger partial charge on any atom is -0.352 e. The Morgan fingerprint density at radius 2 is 1.96 bits per heavy atom. The van der Waals surface area contributed by atoms with E-state index in [1.54, 1.807) is 13.0 Å². The maximum Gasteiger partial charge on any atom is 0.225 e. The van der Waals surface area contributed by atoms with Gasteiger partial charge in [0, 0.05) is 29.5 Å². The Labute approximate surface area is 169 Å². The van der Waals surface area contributed by atoms with E-state index in [9.17, 15) is 18.0 Å². The fourth-order valence-corrected chi connectivity index (χ4v) is 5.36. The van der Waals surface area contributed by atoms with Crippen LogP contribution < -0.4 is 10.6 Å². The zero-order valence-electron chi connectivity index (χ0n) is 15.5. The van der Waals surface area contributed by atoms with Crippen LogP contribution in [-0.4, -0.2) is 31.7 Å². The van der Waals surface area contributed by atoms with Crippen molar-refractivity contribution in [3.63, 3.8) is 0 Å². The molecule has 0 saturated carbocycles. The number of carbonyl (C=O) groups excluding carboxylic acids is 2. The molecular formula is C20H22N2O4S2. The topological polar surface area (TPSA) is 92.3 Å². The van der Waals surface area contributed by atoms with E-state index in [2.05, 4.69) is 10.6 Å². The van der Waals surface area contributed by atoms with Gasteiger partial charge in [0.15, 0.2) is 9.84 Å². The SMILES string of the molecule is CC(CS(=O)(=O)c1ccc2c(c1)NC(=O)CCS2)C(=O)NCc1ccccc1. The molecule has 3 rings (SSSR count). The summed E-state index contributed by atoms with van der Waals surface area (Å²) in [6.07, 6.45) is 0.389. The normalized spacial score (nSPS) is 15.1. The molecule has 1 unspecified atom stereocenters. The predicted molar refractivity (Wildman–Crippen MR) is 110 cm³/mol. The number of carbonyl (C=O) groups is 2. The standard InChI is InChI=1S/C20H22N2O4S2/c1-14(20(24)21-12-15-5-3-2-4-6-15)13-28(25,26)16-7-8-18-17(11-16)22-19(23)9-10-27-18/h2-8,11,14H,9-10,12-13H2,1H3,(H,21,24)(H,22,23). The van der Waals surface area contributed by atoms with Crippen molar-refractivity contribution in [2.45, 2.75) is 29.7 Å². The first-order valence-electron chi connectivity index (χ1n) is 8.96. The Kier molecular flexibility index (Phi) is 6.41. The van der Waals surface area contributed by atoms with Crippen molar-refractivity contribution in [2.75, 3.05) is 16.8 Å². The van der Waals surface area contributed by atoms with Gasteiger partial charge in [-0.15, -0.1) is 11.8 Å². The van der Waals surface area contributed by atoms with Crippen LogP contribution in [0.15, 0.2) is 58.3 Å². The summed E-state index contributed by atoms with van der Waals surface area (Å²) in [4.78, 5) is 25.0. The number of rotatable bonds is 6. The smallest absolute Gasteiger partial charge is 0.225 e. The van der Waals surface area contributed by atoms with E-state index in [1.807, 2.05) is 30.3 Å². The van der Waals surface area contributed by atoms with Gasteiger partial charge in [0.2, 0.25) is 11.8 Å². The second kappa shape index (κ2) is 8.79. The average Bonchev–Trinajstić information content (AvgIpc) is 2.86. The molecule has 28 heavy (non-hydrogen) atoms. The van der Waals surface area contributed by atoms with Crippen LogP contribution in [0.3, 0.4) is 0 Å². The third-order valence-electron chi connectivity index (χ3n) is 4.40. The second-order valence-corrected chi connectivity index (χ2v) is 9.86. The van der Waals surface area contributed by atoms with E-state index in [0.717, 1.165) is 10.5 Å². The van der Waals surface area contributed by atoms with E-state index in [1.165, 1.54) is 23.9 Å². The van der Waals surface area contributed by atoms with Crippen LogP contribution in [0.4, 0.5) is 5.69 Å². The molecule has 2 amide bonds. The number of anilines is 1. The summed E-state index contributed by atoms with van der Waals surface area (Å²) in [6, 6.07) is 14.2. The summed E-state index contributed by atoms with van der Waals surface area (Å²) in [5.74, 6) is -0.783. The fourth-order valence-electron chi connectivity index (χ4n) is 2.85. The molecule has 0 saturated heterocycles. The third-order valence-corrected chi connectivity index (χ3v) is 7.38. The van der Waals surface area contributed by atoms with Gasteiger partial charge in [-0.3, -0.25) is 9.59 Å². The van der Waals surface area contributed by atoms with Crippen LogP contribution in [0.5, 0.6) is 0 Å². The van der Waals surface area contributed by atoms with E-state index in [0.29, 0.717) is 24.4 Å². The summed E-state index contributed by atoms with van der Waals surface area (Å²) in [5, 5.41) is 5.52. The van der Waals surface area contributed by atoms with Crippen molar-refractivity contribution in [2.24, 2.45) is 5.92 Å². The molecule has 1 aliphatic heterocycles. The molecule has 0 aliphatic carbocycles. The van der Waals surface area contributed by atoms with Crippen molar-refractivity contribution < 1.29 is 18.0 Å². The van der Waals surface area contributed by atoms with Crippen molar-refractivity contribution in [1.82, 2.24) is 5.32 Å². The van der Waals surface area contributed by atoms with Gasteiger partial charge in [-0.25, -0.2) is 8.42 Å². The number of hydrogen-bond acceptors (Lipinski definition) is 5. The summed E-state index contributed by atoms with van der Waals surface area (Å²) in [6.45, 7) is 1.95. The first-order chi connectivity index (χ1) is 13.3. The van der Waals surface area contributed by atoms with Crippen LogP contribution in [-0.2, 0) is 26.0 Å². The van der Waals surface area contributed by atoms with E-state index >= 15 is 0 Å². The van der Waals surface area contributed by atoms with E-state index in [4.69, 9.17) is 0 Å². The molecule has 8 heteroatoms. The molecule has 0 spiro atoms. The van der Waals surface area contributed by atoms with Crippen LogP contribution in [0.2, 0.25) is 0 Å². The molecule has 6 nitrogen and oxygen atoms in total. The number of sulfone groups is 1. The molecule has 0 aromatic heterocycles. The van der Waals surface area contributed by atoms with Gasteiger partial charge in [0.25, 0.3) is 0 Å². The Morgan fingerprint density at radius 3 is 2.71 bits per heavy atom. The molecule has 0 fully saturated rings.